The molecule has 0 aliphatic rings. The van der Waals surface area contributed by atoms with Crippen LogP contribution in [0, 0.1) is 5.92 Å². The van der Waals surface area contributed by atoms with Gasteiger partial charge >= 0.3 is 5.97 Å². The zero-order valence-electron chi connectivity index (χ0n) is 13.8. The van der Waals surface area contributed by atoms with Crippen LogP contribution in [0.3, 0.4) is 0 Å². The van der Waals surface area contributed by atoms with E-state index >= 15 is 0 Å². The van der Waals surface area contributed by atoms with Gasteiger partial charge in [-0.05, 0) is 38.0 Å². The van der Waals surface area contributed by atoms with Crippen LogP contribution in [-0.2, 0) is 4.79 Å². The van der Waals surface area contributed by atoms with Crippen molar-refractivity contribution in [2.45, 2.75) is 58.5 Å². The molecule has 0 aliphatic heterocycles. The summed E-state index contributed by atoms with van der Waals surface area (Å²) in [6.45, 7) is 4.31. The highest BCUT2D eigenvalue weighted by atomic mass is 16.4. The molecule has 0 radical (unpaired) electrons. The minimum atomic E-state index is -0.779. The van der Waals surface area contributed by atoms with Crippen molar-refractivity contribution in [3.63, 3.8) is 0 Å². The van der Waals surface area contributed by atoms with Gasteiger partial charge in [0, 0.05) is 6.42 Å². The Labute approximate surface area is 134 Å². The summed E-state index contributed by atoms with van der Waals surface area (Å²) >= 11 is 0. The van der Waals surface area contributed by atoms with E-state index in [2.05, 4.69) is 32.1 Å². The zero-order chi connectivity index (χ0) is 16.6. The van der Waals surface area contributed by atoms with Crippen molar-refractivity contribution >= 4 is 5.97 Å². The number of rotatable bonds is 12. The van der Waals surface area contributed by atoms with Gasteiger partial charge < -0.3 is 10.2 Å². The molecule has 0 heterocycles. The topological polar surface area (TPSA) is 57.5 Å². The third-order valence-corrected chi connectivity index (χ3v) is 3.16. The van der Waals surface area contributed by atoms with Gasteiger partial charge in [-0.15, -0.1) is 0 Å². The summed E-state index contributed by atoms with van der Waals surface area (Å²) in [4.78, 5) is 10.3. The number of carboxylic acids is 1. The van der Waals surface area contributed by atoms with Crippen LogP contribution in [0.25, 0.3) is 0 Å². The first-order valence-electron chi connectivity index (χ1n) is 8.12. The molecule has 0 amide bonds. The van der Waals surface area contributed by atoms with Crippen molar-refractivity contribution in [1.29, 1.82) is 0 Å². The summed E-state index contributed by atoms with van der Waals surface area (Å²) in [7, 11) is 0. The maximum absolute atomic E-state index is 10.3. The number of aliphatic hydroxyl groups excluding tert-OH is 1. The summed E-state index contributed by atoms with van der Waals surface area (Å²) in [5.41, 5.74) is 0. The quantitative estimate of drug-likeness (QED) is 0.313. The minimum Gasteiger partial charge on any atom is -0.481 e. The molecule has 0 bridgehead atoms. The molecular weight excluding hydrogens is 276 g/mol. The van der Waals surface area contributed by atoms with Crippen molar-refractivity contribution in [1.82, 2.24) is 0 Å². The Balaban J connectivity index is 3.81. The van der Waals surface area contributed by atoms with Crippen molar-refractivity contribution in [3.8, 4) is 0 Å². The third-order valence-electron chi connectivity index (χ3n) is 3.16. The second-order valence-electron chi connectivity index (χ2n) is 5.45. The second-order valence-corrected chi connectivity index (χ2v) is 5.45. The van der Waals surface area contributed by atoms with Crippen LogP contribution in [0.5, 0.6) is 0 Å². The maximum atomic E-state index is 10.3. The number of carbonyl (C=O) groups is 1. The third kappa shape index (κ3) is 14.8. The lowest BCUT2D eigenvalue weighted by atomic mass is 10.1. The van der Waals surface area contributed by atoms with Crippen LogP contribution in [0.4, 0.5) is 0 Å². The Morgan fingerprint density at radius 3 is 2.36 bits per heavy atom. The molecule has 3 nitrogen and oxygen atoms in total. The van der Waals surface area contributed by atoms with Crippen molar-refractivity contribution in [3.05, 3.63) is 48.6 Å². The normalized spacial score (nSPS) is 15.4. The van der Waals surface area contributed by atoms with E-state index in [0.717, 1.165) is 19.3 Å². The average molecular weight is 306 g/mol. The Bertz CT molecular complexity index is 391. The number of allylic oxidation sites excluding steroid dienone is 7. The molecule has 0 aromatic heterocycles. The van der Waals surface area contributed by atoms with Gasteiger partial charge in [-0.25, -0.2) is 0 Å². The predicted molar refractivity (Wildman–Crippen MR) is 92.7 cm³/mol. The van der Waals surface area contributed by atoms with Crippen LogP contribution in [0.1, 0.15) is 52.4 Å². The second kappa shape index (κ2) is 14.3. The molecule has 0 fully saturated rings. The first-order chi connectivity index (χ1) is 10.6. The summed E-state index contributed by atoms with van der Waals surface area (Å²) in [5.74, 6) is -0.254. The number of carboxylic acid groups (broad SMARTS) is 1. The molecule has 22 heavy (non-hydrogen) atoms. The Hall–Kier alpha value is -1.61. The van der Waals surface area contributed by atoms with Crippen LogP contribution in [0.15, 0.2) is 48.6 Å². The molecule has 0 rings (SSSR count). The van der Waals surface area contributed by atoms with E-state index in [1.807, 2.05) is 24.3 Å². The highest BCUT2D eigenvalue weighted by Gasteiger charge is 2.00. The fourth-order valence-corrected chi connectivity index (χ4v) is 1.86. The van der Waals surface area contributed by atoms with E-state index < -0.39 is 12.1 Å². The van der Waals surface area contributed by atoms with E-state index in [1.165, 1.54) is 0 Å². The summed E-state index contributed by atoms with van der Waals surface area (Å²) in [6, 6.07) is 0. The molecule has 0 aromatic carbocycles. The van der Waals surface area contributed by atoms with Gasteiger partial charge in [0.25, 0.3) is 0 Å². The number of hydrogen-bond acceptors (Lipinski definition) is 2. The highest BCUT2D eigenvalue weighted by molar-refractivity contribution is 5.66. The van der Waals surface area contributed by atoms with Gasteiger partial charge in [-0.2, -0.15) is 0 Å². The molecule has 0 saturated heterocycles. The van der Waals surface area contributed by atoms with Gasteiger partial charge in [-0.1, -0.05) is 62.5 Å². The zero-order valence-corrected chi connectivity index (χ0v) is 13.8. The molecule has 0 aliphatic carbocycles. The summed E-state index contributed by atoms with van der Waals surface area (Å²) in [5, 5.41) is 18.2. The largest absolute Gasteiger partial charge is 0.481 e. The molecular formula is C19H30O3. The van der Waals surface area contributed by atoms with E-state index in [-0.39, 0.29) is 6.42 Å². The van der Waals surface area contributed by atoms with Crippen molar-refractivity contribution < 1.29 is 15.0 Å². The fourth-order valence-electron chi connectivity index (χ4n) is 1.86. The fraction of sp³-hybridized carbons (Fsp3) is 0.526. The lowest BCUT2D eigenvalue weighted by molar-refractivity contribution is -0.137. The number of unbranched alkanes of at least 4 members (excludes halogenated alkanes) is 1. The van der Waals surface area contributed by atoms with Gasteiger partial charge in [0.15, 0.2) is 0 Å². The predicted octanol–water partition coefficient (Wildman–Crippen LogP) is 4.65. The molecule has 3 heteroatoms. The minimum absolute atomic E-state index is 0.173. The van der Waals surface area contributed by atoms with Crippen LogP contribution < -0.4 is 0 Å². The van der Waals surface area contributed by atoms with Crippen LogP contribution in [-0.4, -0.2) is 22.3 Å². The van der Waals surface area contributed by atoms with Gasteiger partial charge in [0.05, 0.1) is 6.10 Å². The Morgan fingerprint density at radius 1 is 1.05 bits per heavy atom. The van der Waals surface area contributed by atoms with Gasteiger partial charge in [-0.3, -0.25) is 4.79 Å². The van der Waals surface area contributed by atoms with Crippen LogP contribution in [0.2, 0.25) is 0 Å². The number of hydrogen-bond donors (Lipinski definition) is 2. The van der Waals surface area contributed by atoms with Gasteiger partial charge in [0.1, 0.15) is 0 Å². The molecule has 2 N–H and O–H groups in total. The highest BCUT2D eigenvalue weighted by Crippen LogP contribution is 2.06. The molecule has 0 saturated carbocycles. The standard InChI is InChI=1S/C19H30O3/c1-3-4-7-12-17(2)13-8-5-6-9-14-18(20)15-10-11-16-19(21)22/h4-9,13-14,17-18,20H,3,10-12,15-16H2,1-2H3,(H,21,22)/b6-5-,7-4-,13-8+,14-9-. The monoisotopic (exact) mass is 306 g/mol. The smallest absolute Gasteiger partial charge is 0.303 e. The number of aliphatic hydroxyl groups is 1. The lowest BCUT2D eigenvalue weighted by Gasteiger charge is -2.03. The van der Waals surface area contributed by atoms with Gasteiger partial charge in [0.2, 0.25) is 0 Å². The van der Waals surface area contributed by atoms with Crippen molar-refractivity contribution in [2.75, 3.05) is 0 Å². The van der Waals surface area contributed by atoms with E-state index in [0.29, 0.717) is 18.8 Å². The lowest BCUT2D eigenvalue weighted by Crippen LogP contribution is -2.02. The summed E-state index contributed by atoms with van der Waals surface area (Å²) < 4.78 is 0. The summed E-state index contributed by atoms with van der Waals surface area (Å²) in [6.07, 6.45) is 19.7. The van der Waals surface area contributed by atoms with E-state index in [9.17, 15) is 9.90 Å². The molecule has 0 spiro atoms. The number of aliphatic carboxylic acids is 1. The molecule has 2 atom stereocenters. The Kier molecular flexibility index (Phi) is 13.3. The van der Waals surface area contributed by atoms with E-state index in [1.54, 1.807) is 6.08 Å². The SMILES string of the molecule is CC/C=C\CC(C)/C=C/C=C\C=C/C(O)CCCCC(=O)O. The first-order valence-corrected chi connectivity index (χ1v) is 8.12. The molecule has 124 valence electrons. The maximum Gasteiger partial charge on any atom is 0.303 e. The van der Waals surface area contributed by atoms with Crippen LogP contribution >= 0.6 is 0 Å². The van der Waals surface area contributed by atoms with Crippen molar-refractivity contribution in [2.24, 2.45) is 5.92 Å². The molecule has 0 aromatic rings. The first kappa shape index (κ1) is 20.4. The van der Waals surface area contributed by atoms with E-state index in [4.69, 9.17) is 5.11 Å². The average Bonchev–Trinajstić information content (AvgIpc) is 2.47. The molecule has 2 unspecified atom stereocenters. The Morgan fingerprint density at radius 2 is 1.73 bits per heavy atom.